The van der Waals surface area contributed by atoms with Crippen LogP contribution in [-0.2, 0) is 10.0 Å². The topological polar surface area (TPSA) is 74.7 Å². The fourth-order valence-electron chi connectivity index (χ4n) is 1.85. The fraction of sp³-hybridized carbons (Fsp3) is 0.545. The molecule has 1 aromatic rings. The van der Waals surface area contributed by atoms with Crippen LogP contribution in [0.5, 0.6) is 0 Å². The van der Waals surface area contributed by atoms with E-state index >= 15 is 0 Å². The molecule has 1 aliphatic rings. The van der Waals surface area contributed by atoms with Crippen molar-refractivity contribution in [2.45, 2.75) is 22.8 Å². The van der Waals surface area contributed by atoms with Crippen LogP contribution in [0.3, 0.4) is 0 Å². The molecule has 1 atom stereocenters. The number of carboxylic acid groups (broad SMARTS) is 1. The Morgan fingerprint density at radius 1 is 1.58 bits per heavy atom. The number of carboxylic acids is 1. The van der Waals surface area contributed by atoms with Crippen LogP contribution >= 0.6 is 23.1 Å². The van der Waals surface area contributed by atoms with Crippen molar-refractivity contribution in [2.24, 2.45) is 0 Å². The number of thioether (sulfide) groups is 1. The number of rotatable bonds is 4. The molecule has 1 fully saturated rings. The minimum Gasteiger partial charge on any atom is -0.478 e. The number of hydrogen-bond acceptors (Lipinski definition) is 5. The number of sulfonamides is 1. The van der Waals surface area contributed by atoms with Crippen LogP contribution in [0.1, 0.15) is 23.7 Å². The molecule has 0 radical (unpaired) electrons. The van der Waals surface area contributed by atoms with Crippen LogP contribution in [0.2, 0.25) is 0 Å². The van der Waals surface area contributed by atoms with Gasteiger partial charge in [0.1, 0.15) is 4.21 Å². The van der Waals surface area contributed by atoms with Crippen molar-refractivity contribution in [1.29, 1.82) is 0 Å². The van der Waals surface area contributed by atoms with E-state index in [0.29, 0.717) is 18.3 Å². The highest BCUT2D eigenvalue weighted by Crippen LogP contribution is 2.29. The molecule has 8 heteroatoms. The van der Waals surface area contributed by atoms with Gasteiger partial charge >= 0.3 is 5.97 Å². The molecule has 0 aliphatic carbocycles. The molecule has 1 aliphatic heterocycles. The second-order valence-corrected chi connectivity index (χ2v) is 8.71. The number of aromatic carboxylic acids is 1. The third-order valence-corrected chi connectivity index (χ3v) is 7.63. The molecule has 1 unspecified atom stereocenters. The summed E-state index contributed by atoms with van der Waals surface area (Å²) in [6.07, 6.45) is 0.932. The number of thiophene rings is 1. The Hall–Kier alpha value is -0.570. The Morgan fingerprint density at radius 2 is 2.32 bits per heavy atom. The van der Waals surface area contributed by atoms with Crippen LogP contribution in [0.15, 0.2) is 15.7 Å². The molecule has 2 heterocycles. The molecule has 0 bridgehead atoms. The molecule has 1 saturated heterocycles. The molecule has 5 nitrogen and oxygen atoms in total. The van der Waals surface area contributed by atoms with E-state index in [4.69, 9.17) is 5.11 Å². The van der Waals surface area contributed by atoms with E-state index in [1.165, 1.54) is 15.8 Å². The molecule has 19 heavy (non-hydrogen) atoms. The van der Waals surface area contributed by atoms with Gasteiger partial charge in [-0.15, -0.1) is 11.3 Å². The summed E-state index contributed by atoms with van der Waals surface area (Å²) < 4.78 is 26.4. The van der Waals surface area contributed by atoms with Crippen molar-refractivity contribution < 1.29 is 18.3 Å². The molecule has 0 aromatic carbocycles. The lowest BCUT2D eigenvalue weighted by Gasteiger charge is -2.30. The second kappa shape index (κ2) is 5.82. The first-order valence-corrected chi connectivity index (χ1v) is 9.25. The molecule has 1 aromatic heterocycles. The van der Waals surface area contributed by atoms with Gasteiger partial charge in [-0.3, -0.25) is 0 Å². The maximum Gasteiger partial charge on any atom is 0.336 e. The molecule has 0 saturated carbocycles. The SMILES string of the molecule is CCC1CN(S(=O)(=O)c2cc(C(=O)O)cs2)CCS1. The third-order valence-electron chi connectivity index (χ3n) is 2.97. The van der Waals surface area contributed by atoms with Crippen molar-refractivity contribution >= 4 is 39.1 Å². The minimum absolute atomic E-state index is 0.0296. The van der Waals surface area contributed by atoms with Crippen LogP contribution in [0, 0.1) is 0 Å². The van der Waals surface area contributed by atoms with Crippen molar-refractivity contribution in [1.82, 2.24) is 4.31 Å². The maximum absolute atomic E-state index is 12.4. The summed E-state index contributed by atoms with van der Waals surface area (Å²) in [5.41, 5.74) is 0.0296. The molecule has 1 N–H and O–H groups in total. The normalized spacial score (nSPS) is 21.4. The van der Waals surface area contributed by atoms with E-state index in [9.17, 15) is 13.2 Å². The zero-order chi connectivity index (χ0) is 14.0. The van der Waals surface area contributed by atoms with E-state index in [1.54, 1.807) is 11.8 Å². The first-order valence-electron chi connectivity index (χ1n) is 5.88. The quantitative estimate of drug-likeness (QED) is 0.917. The van der Waals surface area contributed by atoms with Crippen LogP contribution in [0.25, 0.3) is 0 Å². The Balaban J connectivity index is 2.23. The summed E-state index contributed by atoms with van der Waals surface area (Å²) in [4.78, 5) is 10.8. The molecular weight excluding hydrogens is 306 g/mol. The van der Waals surface area contributed by atoms with Gasteiger partial charge in [-0.05, 0) is 12.5 Å². The first kappa shape index (κ1) is 14.8. The van der Waals surface area contributed by atoms with Gasteiger partial charge in [0.2, 0.25) is 0 Å². The van der Waals surface area contributed by atoms with Crippen LogP contribution in [-0.4, -0.2) is 47.9 Å². The van der Waals surface area contributed by atoms with Crippen molar-refractivity contribution in [3.63, 3.8) is 0 Å². The summed E-state index contributed by atoms with van der Waals surface area (Å²) in [5.74, 6) is -0.312. The summed E-state index contributed by atoms with van der Waals surface area (Å²) in [7, 11) is -3.54. The molecule has 2 rings (SSSR count). The standard InChI is InChI=1S/C11H15NO4S3/c1-2-9-6-12(3-4-17-9)19(15,16)10-5-8(7-18-10)11(13)14/h5,7,9H,2-4,6H2,1H3,(H,13,14). The Morgan fingerprint density at radius 3 is 2.89 bits per heavy atom. The van der Waals surface area contributed by atoms with Gasteiger partial charge in [-0.25, -0.2) is 13.2 Å². The van der Waals surface area contributed by atoms with Gasteiger partial charge < -0.3 is 5.11 Å². The van der Waals surface area contributed by atoms with Gasteiger partial charge in [0.25, 0.3) is 10.0 Å². The zero-order valence-electron chi connectivity index (χ0n) is 10.4. The Kier molecular flexibility index (Phi) is 4.54. The van der Waals surface area contributed by atoms with Gasteiger partial charge in [-0.2, -0.15) is 16.1 Å². The second-order valence-electron chi connectivity index (χ2n) is 4.22. The lowest BCUT2D eigenvalue weighted by molar-refractivity contribution is 0.0697. The van der Waals surface area contributed by atoms with Gasteiger partial charge in [0.15, 0.2) is 0 Å². The zero-order valence-corrected chi connectivity index (χ0v) is 12.9. The van der Waals surface area contributed by atoms with E-state index in [1.807, 2.05) is 6.92 Å². The summed E-state index contributed by atoms with van der Waals surface area (Å²) >= 11 is 2.76. The smallest absolute Gasteiger partial charge is 0.336 e. The summed E-state index contributed by atoms with van der Waals surface area (Å²) in [6.45, 7) is 3.04. The fourth-order valence-corrected chi connectivity index (χ4v) is 6.03. The monoisotopic (exact) mass is 321 g/mol. The molecule has 0 amide bonds. The lowest BCUT2D eigenvalue weighted by Crippen LogP contribution is -2.41. The predicted molar refractivity (Wildman–Crippen MR) is 76.6 cm³/mol. The largest absolute Gasteiger partial charge is 0.478 e. The van der Waals surface area contributed by atoms with Crippen LogP contribution in [0.4, 0.5) is 0 Å². The number of nitrogens with zero attached hydrogens (tertiary/aromatic N) is 1. The van der Waals surface area contributed by atoms with E-state index in [0.717, 1.165) is 23.5 Å². The average molecular weight is 321 g/mol. The van der Waals surface area contributed by atoms with Gasteiger partial charge in [0.05, 0.1) is 5.56 Å². The predicted octanol–water partition coefficient (Wildman–Crippen LogP) is 1.96. The molecular formula is C11H15NO4S3. The Labute approximate surface area is 120 Å². The highest BCUT2D eigenvalue weighted by atomic mass is 32.2. The summed E-state index contributed by atoms with van der Waals surface area (Å²) in [5, 5.41) is 10.5. The van der Waals surface area contributed by atoms with Crippen molar-refractivity contribution in [3.8, 4) is 0 Å². The highest BCUT2D eigenvalue weighted by Gasteiger charge is 2.31. The molecule has 106 valence electrons. The molecule has 0 spiro atoms. The van der Waals surface area contributed by atoms with E-state index in [-0.39, 0.29) is 9.77 Å². The third kappa shape index (κ3) is 3.13. The van der Waals surface area contributed by atoms with Crippen LogP contribution < -0.4 is 0 Å². The van der Waals surface area contributed by atoms with E-state index in [2.05, 4.69) is 0 Å². The Bertz CT molecular complexity index is 566. The number of hydrogen-bond donors (Lipinski definition) is 1. The van der Waals surface area contributed by atoms with Crippen molar-refractivity contribution in [2.75, 3.05) is 18.8 Å². The van der Waals surface area contributed by atoms with Crippen molar-refractivity contribution in [3.05, 3.63) is 17.0 Å². The number of carbonyl (C=O) groups is 1. The first-order chi connectivity index (χ1) is 8.95. The highest BCUT2D eigenvalue weighted by molar-refractivity contribution is 8.00. The minimum atomic E-state index is -3.54. The maximum atomic E-state index is 12.4. The lowest BCUT2D eigenvalue weighted by atomic mass is 10.3. The van der Waals surface area contributed by atoms with Gasteiger partial charge in [0, 0.05) is 29.5 Å². The van der Waals surface area contributed by atoms with E-state index < -0.39 is 16.0 Å². The summed E-state index contributed by atoms with van der Waals surface area (Å²) in [6, 6.07) is 1.24. The van der Waals surface area contributed by atoms with Gasteiger partial charge in [-0.1, -0.05) is 6.92 Å². The average Bonchev–Trinajstić information content (AvgIpc) is 2.89.